The number of thiophene rings is 1. The molecule has 0 atom stereocenters. The predicted molar refractivity (Wildman–Crippen MR) is 371 cm³/mol. The van der Waals surface area contributed by atoms with Gasteiger partial charge in [-0.05, 0) is 149 Å². The second kappa shape index (κ2) is 18.9. The number of rotatable bonds is 7. The normalized spacial score (nSPS) is 13.5. The van der Waals surface area contributed by atoms with Gasteiger partial charge in [-0.1, -0.05) is 257 Å². The summed E-state index contributed by atoms with van der Waals surface area (Å²) in [5.41, 5.74) is 29.0. The number of benzene rings is 13. The van der Waals surface area contributed by atoms with Crippen LogP contribution in [0.15, 0.2) is 291 Å². The Balaban J connectivity index is 1.05. The highest BCUT2D eigenvalue weighted by Gasteiger charge is 2.51. The van der Waals surface area contributed by atoms with Gasteiger partial charge in [0.25, 0.3) is 6.71 Å². The molecule has 87 heavy (non-hydrogen) atoms. The van der Waals surface area contributed by atoms with Crippen molar-refractivity contribution in [3.8, 4) is 61.3 Å². The molecule has 1 aliphatic carbocycles. The second-order valence-corrected chi connectivity index (χ2v) is 26.1. The molecular weight excluding hydrogens is 1070 g/mol. The van der Waals surface area contributed by atoms with Crippen LogP contribution in [0, 0.1) is 0 Å². The van der Waals surface area contributed by atoms with Crippen LogP contribution in [-0.2, 0) is 10.8 Å². The van der Waals surface area contributed by atoms with Crippen molar-refractivity contribution in [2.75, 3.05) is 4.90 Å². The maximum atomic E-state index is 2.73. The summed E-state index contributed by atoms with van der Waals surface area (Å²) in [5.74, 6) is 0. The SMILES string of the molecule is CC(C)(C)c1cc(-c2ccccc2)c(N2c3cc4c(cc3B3c5c2cc(-c2ccccc2)cc5-n2c5ccccc5c5c6c(cc3c52)C(c2ccccc2)(c2ccccc2)c2ccccc2-6)sc2ccc(-c3ccccc3)cc24)c(-c2ccccc2)c1. The minimum Gasteiger partial charge on any atom is -0.310 e. The third-order valence-corrected chi connectivity index (χ3v) is 20.5. The van der Waals surface area contributed by atoms with E-state index in [2.05, 4.69) is 321 Å². The first-order chi connectivity index (χ1) is 42.8. The summed E-state index contributed by atoms with van der Waals surface area (Å²) in [6.07, 6.45) is 0. The lowest BCUT2D eigenvalue weighted by atomic mass is 9.33. The average molecular weight is 1130 g/mol. The fourth-order valence-electron chi connectivity index (χ4n) is 15.6. The van der Waals surface area contributed by atoms with Gasteiger partial charge in [0.2, 0.25) is 0 Å². The molecule has 15 aromatic rings. The number of hydrogen-bond donors (Lipinski definition) is 0. The van der Waals surface area contributed by atoms with Gasteiger partial charge >= 0.3 is 0 Å². The van der Waals surface area contributed by atoms with Gasteiger partial charge in [0.15, 0.2) is 0 Å². The summed E-state index contributed by atoms with van der Waals surface area (Å²) in [6, 6.07) is 111. The van der Waals surface area contributed by atoms with Crippen LogP contribution < -0.4 is 21.3 Å². The van der Waals surface area contributed by atoms with Crippen molar-refractivity contribution in [2.45, 2.75) is 31.6 Å². The van der Waals surface area contributed by atoms with Crippen LogP contribution in [0.2, 0.25) is 0 Å². The van der Waals surface area contributed by atoms with E-state index in [1.807, 2.05) is 11.3 Å². The van der Waals surface area contributed by atoms with E-state index in [1.165, 1.54) is 165 Å². The van der Waals surface area contributed by atoms with E-state index in [-0.39, 0.29) is 12.1 Å². The topological polar surface area (TPSA) is 8.17 Å². The Morgan fingerprint density at radius 1 is 0.379 bits per heavy atom. The second-order valence-electron chi connectivity index (χ2n) is 25.0. The van der Waals surface area contributed by atoms with Gasteiger partial charge in [-0.3, -0.25) is 0 Å². The van der Waals surface area contributed by atoms with Gasteiger partial charge < -0.3 is 9.47 Å². The summed E-state index contributed by atoms with van der Waals surface area (Å²) in [7, 11) is 0. The van der Waals surface area contributed by atoms with Crippen LogP contribution in [-0.4, -0.2) is 11.3 Å². The van der Waals surface area contributed by atoms with Gasteiger partial charge in [0.05, 0.1) is 22.1 Å². The standard InChI is InChI=1S/C83H57BN2S/c1-82(2,3)60-47-63(54-30-14-6-15-31-54)80(64(48-60)55-32-16-7-17-33-55)86-72-49-66-65-44-56(52-26-10-4-11-27-52)42-43-75(65)87-76(66)51-69(72)84-70-50-68-77(61-38-22-24-40-67(61)83(68,58-34-18-8-19-35-58)59-36-20-9-21-37-59)78-62-39-23-25-41-71(62)85(81(70)78)73-45-57(46-74(86)79(73)84)53-28-12-5-13-29-53/h4-51H,1-3H3. The molecule has 4 heteroatoms. The Labute approximate surface area is 511 Å². The zero-order chi connectivity index (χ0) is 57.7. The van der Waals surface area contributed by atoms with Crippen LogP contribution >= 0.6 is 11.3 Å². The number of fused-ring (bicyclic) bond motifs is 14. The third kappa shape index (κ3) is 7.23. The third-order valence-electron chi connectivity index (χ3n) is 19.4. The van der Waals surface area contributed by atoms with Gasteiger partial charge in [-0.15, -0.1) is 11.3 Å². The van der Waals surface area contributed by atoms with Crippen molar-refractivity contribution >= 4 is 93.5 Å². The molecule has 2 aromatic heterocycles. The van der Waals surface area contributed by atoms with Crippen LogP contribution in [0.3, 0.4) is 0 Å². The Morgan fingerprint density at radius 3 is 1.55 bits per heavy atom. The molecule has 0 fully saturated rings. The summed E-state index contributed by atoms with van der Waals surface area (Å²) in [4.78, 5) is 2.73. The number of para-hydroxylation sites is 1. The van der Waals surface area contributed by atoms with E-state index < -0.39 is 5.41 Å². The first kappa shape index (κ1) is 50.1. The van der Waals surface area contributed by atoms with E-state index in [9.17, 15) is 0 Å². The summed E-state index contributed by atoms with van der Waals surface area (Å²) in [5, 5.41) is 5.11. The Kier molecular flexibility index (Phi) is 10.9. The maximum Gasteiger partial charge on any atom is 0.252 e. The fourth-order valence-corrected chi connectivity index (χ4v) is 16.7. The Morgan fingerprint density at radius 2 is 0.920 bits per heavy atom. The largest absolute Gasteiger partial charge is 0.310 e. The smallest absolute Gasteiger partial charge is 0.252 e. The number of nitrogens with zero attached hydrogens (tertiary/aromatic N) is 2. The average Bonchev–Trinajstić information content (AvgIpc) is 1.57. The van der Waals surface area contributed by atoms with E-state index in [0.717, 1.165) is 0 Å². The van der Waals surface area contributed by atoms with Crippen molar-refractivity contribution < 1.29 is 0 Å². The maximum absolute atomic E-state index is 2.73. The zero-order valence-electron chi connectivity index (χ0n) is 48.6. The molecule has 3 aliphatic rings. The number of anilines is 3. The summed E-state index contributed by atoms with van der Waals surface area (Å²) < 4.78 is 5.25. The van der Waals surface area contributed by atoms with Crippen LogP contribution in [0.4, 0.5) is 17.1 Å². The van der Waals surface area contributed by atoms with Crippen molar-refractivity contribution in [3.05, 3.63) is 319 Å². The minimum absolute atomic E-state index is 0.152. The fraction of sp³-hybridized carbons (Fsp3) is 0.0602. The highest BCUT2D eigenvalue weighted by molar-refractivity contribution is 7.26. The molecule has 4 heterocycles. The van der Waals surface area contributed by atoms with Crippen molar-refractivity contribution in [2.24, 2.45) is 0 Å². The molecule has 18 rings (SSSR count). The molecule has 0 spiro atoms. The molecule has 0 amide bonds. The molecule has 0 radical (unpaired) electrons. The van der Waals surface area contributed by atoms with Gasteiger partial charge in [-0.25, -0.2) is 0 Å². The van der Waals surface area contributed by atoms with Crippen molar-refractivity contribution in [3.63, 3.8) is 0 Å². The molecule has 0 unspecified atom stereocenters. The van der Waals surface area contributed by atoms with Crippen molar-refractivity contribution in [1.82, 2.24) is 4.57 Å². The predicted octanol–water partition coefficient (Wildman–Crippen LogP) is 20.1. The van der Waals surface area contributed by atoms with Gasteiger partial charge in [-0.2, -0.15) is 0 Å². The summed E-state index contributed by atoms with van der Waals surface area (Å²) >= 11 is 1.92. The van der Waals surface area contributed by atoms with E-state index >= 15 is 0 Å². The van der Waals surface area contributed by atoms with E-state index in [0.29, 0.717) is 0 Å². The van der Waals surface area contributed by atoms with E-state index in [4.69, 9.17) is 0 Å². The lowest BCUT2D eigenvalue weighted by Gasteiger charge is -2.43. The molecule has 2 aliphatic heterocycles. The first-order valence-electron chi connectivity index (χ1n) is 30.5. The first-order valence-corrected chi connectivity index (χ1v) is 31.3. The molecular formula is C83H57BN2S. The molecule has 2 nitrogen and oxygen atoms in total. The highest BCUT2D eigenvalue weighted by atomic mass is 32.1. The molecule has 0 saturated carbocycles. The van der Waals surface area contributed by atoms with Crippen LogP contribution in [0.1, 0.15) is 48.6 Å². The van der Waals surface area contributed by atoms with Gasteiger partial charge in [0.1, 0.15) is 0 Å². The monoisotopic (exact) mass is 1120 g/mol. The zero-order valence-corrected chi connectivity index (χ0v) is 49.4. The quantitative estimate of drug-likeness (QED) is 0.144. The summed E-state index contributed by atoms with van der Waals surface area (Å²) in [6.45, 7) is 6.89. The Hall–Kier alpha value is -10.3. The van der Waals surface area contributed by atoms with Crippen molar-refractivity contribution in [1.29, 1.82) is 0 Å². The molecule has 0 saturated heterocycles. The molecule has 0 N–H and O–H groups in total. The van der Waals surface area contributed by atoms with E-state index in [1.54, 1.807) is 0 Å². The van der Waals surface area contributed by atoms with Crippen LogP contribution in [0.5, 0.6) is 0 Å². The Bertz CT molecular complexity index is 5190. The number of aromatic nitrogens is 1. The van der Waals surface area contributed by atoms with Crippen LogP contribution in [0.25, 0.3) is 103 Å². The lowest BCUT2D eigenvalue weighted by molar-refractivity contribution is 0.591. The minimum atomic E-state index is -0.623. The number of hydrogen-bond acceptors (Lipinski definition) is 2. The molecule has 408 valence electrons. The molecule has 0 bridgehead atoms. The molecule has 13 aromatic carbocycles. The van der Waals surface area contributed by atoms with Gasteiger partial charge in [0, 0.05) is 59.1 Å². The lowest BCUT2D eigenvalue weighted by Crippen LogP contribution is -2.60. The highest BCUT2D eigenvalue weighted by Crippen LogP contribution is 2.60.